The van der Waals surface area contributed by atoms with Gasteiger partial charge in [-0.05, 0) is 46.8 Å². The molecule has 0 bridgehead atoms. The fraction of sp³-hybridized carbons (Fsp3) is 0.360. The van der Waals surface area contributed by atoms with Crippen LogP contribution >= 0.6 is 23.2 Å². The van der Waals surface area contributed by atoms with Gasteiger partial charge < -0.3 is 4.74 Å². The van der Waals surface area contributed by atoms with Crippen LogP contribution in [0.4, 0.5) is 0 Å². The fourth-order valence-corrected chi connectivity index (χ4v) is 4.79. The number of nitrogens with zero attached hydrogens (tertiary/aromatic N) is 1. The number of rotatable bonds is 6. The minimum Gasteiger partial charge on any atom is -0.442 e. The zero-order valence-corrected chi connectivity index (χ0v) is 18.4. The van der Waals surface area contributed by atoms with E-state index in [0.29, 0.717) is 17.4 Å². The summed E-state index contributed by atoms with van der Waals surface area (Å²) >= 11 is 11.5. The van der Waals surface area contributed by atoms with E-state index in [-0.39, 0.29) is 27.7 Å². The Balaban J connectivity index is 1.46. The molecule has 3 nitrogen and oxygen atoms in total. The van der Waals surface area contributed by atoms with Crippen LogP contribution in [0.15, 0.2) is 65.2 Å². The smallest absolute Gasteiger partial charge is 0.311 e. The Bertz CT molecular complexity index is 1020. The van der Waals surface area contributed by atoms with Gasteiger partial charge in [0.05, 0.1) is 5.92 Å². The van der Waals surface area contributed by atoms with Gasteiger partial charge in [0.2, 0.25) is 6.10 Å². The molecule has 0 heterocycles. The Kier molecular flexibility index (Phi) is 5.66. The maximum absolute atomic E-state index is 12.7. The highest BCUT2D eigenvalue weighted by atomic mass is 35.5. The van der Waals surface area contributed by atoms with E-state index in [2.05, 4.69) is 36.4 Å². The van der Waals surface area contributed by atoms with E-state index < -0.39 is 6.10 Å². The van der Waals surface area contributed by atoms with Crippen molar-refractivity contribution in [3.05, 3.63) is 81.9 Å². The van der Waals surface area contributed by atoms with Gasteiger partial charge in [-0.1, -0.05) is 91.6 Å². The first-order valence-corrected chi connectivity index (χ1v) is 10.9. The lowest BCUT2D eigenvalue weighted by Crippen LogP contribution is -2.14. The normalized spacial score (nSPS) is 26.8. The van der Waals surface area contributed by atoms with E-state index in [1.54, 1.807) is 6.08 Å². The molecule has 0 spiro atoms. The van der Waals surface area contributed by atoms with Gasteiger partial charge in [0.15, 0.2) is 0 Å². The monoisotopic (exact) mass is 439 g/mol. The molecule has 5 atom stereocenters. The van der Waals surface area contributed by atoms with Crippen LogP contribution in [0.3, 0.4) is 0 Å². The van der Waals surface area contributed by atoms with E-state index in [1.165, 1.54) is 11.1 Å². The van der Waals surface area contributed by atoms with Gasteiger partial charge in [-0.15, -0.1) is 0 Å². The molecule has 2 aromatic rings. The van der Waals surface area contributed by atoms with Crippen LogP contribution in [0.1, 0.15) is 54.9 Å². The predicted octanol–water partition coefficient (Wildman–Crippen LogP) is 6.66. The van der Waals surface area contributed by atoms with Gasteiger partial charge in [-0.3, -0.25) is 4.79 Å². The number of nitriles is 1. The largest absolute Gasteiger partial charge is 0.442 e. The van der Waals surface area contributed by atoms with Crippen LogP contribution in [-0.2, 0) is 9.53 Å². The molecule has 0 N–H and O–H groups in total. The van der Waals surface area contributed by atoms with Crippen molar-refractivity contribution in [3.63, 3.8) is 0 Å². The topological polar surface area (TPSA) is 50.1 Å². The van der Waals surface area contributed by atoms with Gasteiger partial charge in [-0.2, -0.15) is 5.26 Å². The summed E-state index contributed by atoms with van der Waals surface area (Å²) in [5.41, 5.74) is 2.94. The molecule has 30 heavy (non-hydrogen) atoms. The first kappa shape index (κ1) is 21.0. The van der Waals surface area contributed by atoms with Crippen LogP contribution in [0.2, 0.25) is 0 Å². The number of carbonyl (C=O) groups excluding carboxylic acids is 1. The van der Waals surface area contributed by atoms with Crippen LogP contribution in [0.25, 0.3) is 0 Å². The highest BCUT2D eigenvalue weighted by molar-refractivity contribution is 6.55. The van der Waals surface area contributed by atoms with Crippen molar-refractivity contribution in [3.8, 4) is 6.07 Å². The average molecular weight is 440 g/mol. The predicted molar refractivity (Wildman–Crippen MR) is 118 cm³/mol. The lowest BCUT2D eigenvalue weighted by molar-refractivity contribution is -0.149. The highest BCUT2D eigenvalue weighted by Crippen LogP contribution is 2.60. The first-order chi connectivity index (χ1) is 14.3. The lowest BCUT2D eigenvalue weighted by Gasteiger charge is -2.13. The van der Waals surface area contributed by atoms with Crippen molar-refractivity contribution in [1.29, 1.82) is 5.26 Å². The summed E-state index contributed by atoms with van der Waals surface area (Å²) in [6.45, 7) is 3.94. The summed E-state index contributed by atoms with van der Waals surface area (Å²) in [4.78, 5) is 12.7. The number of hydrogen-bond donors (Lipinski definition) is 0. The fourth-order valence-electron chi connectivity index (χ4n) is 4.52. The third-order valence-electron chi connectivity index (χ3n) is 6.48. The van der Waals surface area contributed by atoms with Gasteiger partial charge in [0.1, 0.15) is 10.6 Å². The number of esters is 1. The standard InChI is InChI=1S/C25H23Cl2NO2/c1-25(2)20(13-22(26)27)23(25)24(29)30-21(14-28)17-10-6-9-16(11-17)19-12-18(19)15-7-4-3-5-8-15/h3-11,13,18-21,23H,12H2,1-2H3. The molecular formula is C25H23Cl2NO2. The summed E-state index contributed by atoms with van der Waals surface area (Å²) in [6, 6.07) is 20.5. The zero-order valence-electron chi connectivity index (χ0n) is 16.9. The second kappa shape index (κ2) is 8.10. The van der Waals surface area contributed by atoms with E-state index >= 15 is 0 Å². The zero-order chi connectivity index (χ0) is 21.5. The molecular weight excluding hydrogens is 417 g/mol. The quantitative estimate of drug-likeness (QED) is 0.472. The number of carbonyl (C=O) groups is 1. The second-order valence-corrected chi connectivity index (χ2v) is 9.76. The SMILES string of the molecule is CC1(C)C(C=C(Cl)Cl)C1C(=O)OC(C#N)c1cccc(C2CC2c2ccccc2)c1. The molecule has 0 saturated heterocycles. The number of halogens is 2. The lowest BCUT2D eigenvalue weighted by atomic mass is 10.0. The molecule has 2 saturated carbocycles. The Morgan fingerprint density at radius 2 is 1.80 bits per heavy atom. The van der Waals surface area contributed by atoms with Crippen molar-refractivity contribution >= 4 is 29.2 Å². The molecule has 0 amide bonds. The van der Waals surface area contributed by atoms with E-state index in [4.69, 9.17) is 27.9 Å². The minimum atomic E-state index is -0.932. The Hall–Kier alpha value is -2.28. The molecule has 2 aliphatic carbocycles. The third kappa shape index (κ3) is 4.13. The molecule has 5 heteroatoms. The van der Waals surface area contributed by atoms with Crippen molar-refractivity contribution in [2.24, 2.45) is 17.3 Å². The van der Waals surface area contributed by atoms with Crippen LogP contribution in [0.5, 0.6) is 0 Å². The first-order valence-electron chi connectivity index (χ1n) is 10.1. The number of hydrogen-bond acceptors (Lipinski definition) is 3. The van der Waals surface area contributed by atoms with Crippen LogP contribution in [0, 0.1) is 28.6 Å². The summed E-state index contributed by atoms with van der Waals surface area (Å²) in [5, 5.41) is 9.67. The number of allylic oxidation sites excluding steroid dienone is 1. The van der Waals surface area contributed by atoms with Gasteiger partial charge >= 0.3 is 5.97 Å². The molecule has 2 fully saturated rings. The van der Waals surface area contributed by atoms with Crippen LogP contribution < -0.4 is 0 Å². The molecule has 0 radical (unpaired) electrons. The Labute approximate surface area is 187 Å². The summed E-state index contributed by atoms with van der Waals surface area (Å²) in [7, 11) is 0. The Morgan fingerprint density at radius 1 is 1.13 bits per heavy atom. The molecule has 0 aromatic heterocycles. The molecule has 0 aliphatic heterocycles. The maximum Gasteiger partial charge on any atom is 0.311 e. The molecule has 2 aliphatic rings. The van der Waals surface area contributed by atoms with E-state index in [9.17, 15) is 10.1 Å². The molecule has 5 unspecified atom stereocenters. The second-order valence-electron chi connectivity index (χ2n) is 8.76. The average Bonchev–Trinajstić information content (AvgIpc) is 3.62. The van der Waals surface area contributed by atoms with Crippen molar-refractivity contribution in [2.45, 2.75) is 38.2 Å². The van der Waals surface area contributed by atoms with Crippen molar-refractivity contribution < 1.29 is 9.53 Å². The van der Waals surface area contributed by atoms with Crippen molar-refractivity contribution in [2.75, 3.05) is 0 Å². The minimum absolute atomic E-state index is 0.0845. The van der Waals surface area contributed by atoms with Crippen LogP contribution in [-0.4, -0.2) is 5.97 Å². The van der Waals surface area contributed by atoms with E-state index in [0.717, 1.165) is 6.42 Å². The van der Waals surface area contributed by atoms with Crippen molar-refractivity contribution in [1.82, 2.24) is 0 Å². The maximum atomic E-state index is 12.7. The van der Waals surface area contributed by atoms with Gasteiger partial charge in [0.25, 0.3) is 0 Å². The number of ether oxygens (including phenoxy) is 1. The molecule has 2 aromatic carbocycles. The third-order valence-corrected chi connectivity index (χ3v) is 6.73. The summed E-state index contributed by atoms with van der Waals surface area (Å²) in [6.07, 6.45) is 1.83. The van der Waals surface area contributed by atoms with E-state index in [1.807, 2.05) is 38.1 Å². The van der Waals surface area contributed by atoms with Gasteiger partial charge in [0, 0.05) is 5.56 Å². The summed E-state index contributed by atoms with van der Waals surface area (Å²) < 4.78 is 5.75. The number of benzene rings is 2. The van der Waals surface area contributed by atoms with Gasteiger partial charge in [-0.25, -0.2) is 0 Å². The summed E-state index contributed by atoms with van der Waals surface area (Å²) in [5.74, 6) is 0.116. The molecule has 4 rings (SSSR count). The Morgan fingerprint density at radius 3 is 2.47 bits per heavy atom. The highest BCUT2D eigenvalue weighted by Gasteiger charge is 2.62. The molecule has 154 valence electrons.